The molecule has 0 amide bonds. The van der Waals surface area contributed by atoms with E-state index in [1.54, 1.807) is 0 Å². The molecular weight excluding hydrogens is 182 g/mol. The van der Waals surface area contributed by atoms with Crippen molar-refractivity contribution in [3.8, 4) is 0 Å². The Morgan fingerprint density at radius 1 is 1.54 bits per heavy atom. The second-order valence-corrected chi connectivity index (χ2v) is 4.13. The summed E-state index contributed by atoms with van der Waals surface area (Å²) in [6, 6.07) is 0. The zero-order valence-corrected chi connectivity index (χ0v) is 9.32. The van der Waals surface area contributed by atoms with Gasteiger partial charge in [0.25, 0.3) is 0 Å². The standard InChI is InChI=1S/C9H17N3S/c1-4-5-13-9-8(6-10)7(2)11-12(9)3/h4-6,10H2,1-3H3. The van der Waals surface area contributed by atoms with Crippen LogP contribution in [0.5, 0.6) is 0 Å². The lowest BCUT2D eigenvalue weighted by molar-refractivity contribution is 0.688. The third kappa shape index (κ3) is 2.25. The highest BCUT2D eigenvalue weighted by atomic mass is 32.2. The lowest BCUT2D eigenvalue weighted by atomic mass is 10.3. The molecule has 13 heavy (non-hydrogen) atoms. The SMILES string of the molecule is CCCSc1c(CN)c(C)nn1C. The van der Waals surface area contributed by atoms with Gasteiger partial charge < -0.3 is 5.73 Å². The summed E-state index contributed by atoms with van der Waals surface area (Å²) in [6.07, 6.45) is 1.18. The Hall–Kier alpha value is -0.480. The first-order valence-corrected chi connectivity index (χ1v) is 5.54. The number of aromatic nitrogens is 2. The summed E-state index contributed by atoms with van der Waals surface area (Å²) in [7, 11) is 1.98. The van der Waals surface area contributed by atoms with Crippen molar-refractivity contribution in [2.75, 3.05) is 5.75 Å². The first-order chi connectivity index (χ1) is 6.20. The molecule has 1 rings (SSSR count). The van der Waals surface area contributed by atoms with E-state index in [0.717, 1.165) is 11.4 Å². The molecule has 1 heterocycles. The Labute approximate surface area is 83.7 Å². The molecule has 0 aliphatic carbocycles. The van der Waals surface area contributed by atoms with Gasteiger partial charge in [-0.25, -0.2) is 0 Å². The average Bonchev–Trinajstić information content (AvgIpc) is 2.37. The first kappa shape index (κ1) is 10.6. The molecule has 1 aromatic heterocycles. The van der Waals surface area contributed by atoms with Gasteiger partial charge in [0.05, 0.1) is 10.7 Å². The third-order valence-electron chi connectivity index (χ3n) is 1.94. The largest absolute Gasteiger partial charge is 0.326 e. The summed E-state index contributed by atoms with van der Waals surface area (Å²) in [4.78, 5) is 0. The van der Waals surface area contributed by atoms with Crippen LogP contribution in [0.3, 0.4) is 0 Å². The highest BCUT2D eigenvalue weighted by Crippen LogP contribution is 2.24. The maximum absolute atomic E-state index is 5.67. The maximum atomic E-state index is 5.67. The van der Waals surface area contributed by atoms with Gasteiger partial charge in [0.2, 0.25) is 0 Å². The van der Waals surface area contributed by atoms with E-state index in [9.17, 15) is 0 Å². The monoisotopic (exact) mass is 199 g/mol. The van der Waals surface area contributed by atoms with Crippen molar-refractivity contribution < 1.29 is 0 Å². The van der Waals surface area contributed by atoms with Gasteiger partial charge in [0.1, 0.15) is 0 Å². The summed E-state index contributed by atoms with van der Waals surface area (Å²) in [5, 5.41) is 5.57. The molecular formula is C9H17N3S. The number of hydrogen-bond donors (Lipinski definition) is 1. The van der Waals surface area contributed by atoms with Crippen molar-refractivity contribution in [2.24, 2.45) is 12.8 Å². The van der Waals surface area contributed by atoms with Crippen molar-refractivity contribution >= 4 is 11.8 Å². The molecule has 0 saturated heterocycles. The van der Waals surface area contributed by atoms with E-state index >= 15 is 0 Å². The highest BCUT2D eigenvalue weighted by molar-refractivity contribution is 7.99. The summed E-state index contributed by atoms with van der Waals surface area (Å²) in [6.45, 7) is 4.78. The molecule has 0 aliphatic rings. The van der Waals surface area contributed by atoms with Gasteiger partial charge in [0.15, 0.2) is 0 Å². The zero-order valence-electron chi connectivity index (χ0n) is 8.50. The predicted molar refractivity (Wildman–Crippen MR) is 56.9 cm³/mol. The molecule has 0 bridgehead atoms. The summed E-state index contributed by atoms with van der Waals surface area (Å²) >= 11 is 1.84. The summed E-state index contributed by atoms with van der Waals surface area (Å²) in [5.41, 5.74) is 7.92. The van der Waals surface area contributed by atoms with Crippen molar-refractivity contribution in [2.45, 2.75) is 31.8 Å². The Kier molecular flexibility index (Phi) is 3.81. The van der Waals surface area contributed by atoms with E-state index in [2.05, 4.69) is 12.0 Å². The summed E-state index contributed by atoms with van der Waals surface area (Å²) in [5.74, 6) is 1.13. The van der Waals surface area contributed by atoms with Gasteiger partial charge in [-0.05, 0) is 19.1 Å². The fourth-order valence-corrected chi connectivity index (χ4v) is 2.33. The number of aryl methyl sites for hydroxylation is 2. The summed E-state index contributed by atoms with van der Waals surface area (Å²) < 4.78 is 1.93. The molecule has 0 spiro atoms. The molecule has 4 heteroatoms. The van der Waals surface area contributed by atoms with Gasteiger partial charge in [-0.1, -0.05) is 6.92 Å². The Morgan fingerprint density at radius 2 is 2.23 bits per heavy atom. The van der Waals surface area contributed by atoms with E-state index in [0.29, 0.717) is 6.54 Å². The Balaban J connectivity index is 2.89. The molecule has 0 aromatic carbocycles. The van der Waals surface area contributed by atoms with Crippen molar-refractivity contribution in [3.05, 3.63) is 11.3 Å². The minimum absolute atomic E-state index is 0.589. The predicted octanol–water partition coefficient (Wildman–Crippen LogP) is 1.69. The van der Waals surface area contributed by atoms with Gasteiger partial charge in [-0.3, -0.25) is 4.68 Å². The number of thioether (sulfide) groups is 1. The number of hydrogen-bond acceptors (Lipinski definition) is 3. The van der Waals surface area contributed by atoms with Crippen LogP contribution in [-0.4, -0.2) is 15.5 Å². The normalized spacial score (nSPS) is 10.8. The first-order valence-electron chi connectivity index (χ1n) is 4.56. The van der Waals surface area contributed by atoms with Crippen molar-refractivity contribution in [3.63, 3.8) is 0 Å². The van der Waals surface area contributed by atoms with E-state index < -0.39 is 0 Å². The van der Waals surface area contributed by atoms with Crippen LogP contribution < -0.4 is 5.73 Å². The van der Waals surface area contributed by atoms with Gasteiger partial charge >= 0.3 is 0 Å². The van der Waals surface area contributed by atoms with Crippen molar-refractivity contribution in [1.29, 1.82) is 0 Å². The van der Waals surface area contributed by atoms with Crippen LogP contribution in [0, 0.1) is 6.92 Å². The lowest BCUT2D eigenvalue weighted by Gasteiger charge is -2.02. The molecule has 0 aliphatic heterocycles. The van der Waals surface area contributed by atoms with Crippen LogP contribution in [0.2, 0.25) is 0 Å². The second-order valence-electron chi connectivity index (χ2n) is 3.05. The van der Waals surface area contributed by atoms with Gasteiger partial charge in [0, 0.05) is 19.2 Å². The highest BCUT2D eigenvalue weighted by Gasteiger charge is 2.10. The van der Waals surface area contributed by atoms with Crippen LogP contribution in [0.25, 0.3) is 0 Å². The van der Waals surface area contributed by atoms with E-state index in [-0.39, 0.29) is 0 Å². The zero-order chi connectivity index (χ0) is 9.84. The molecule has 0 unspecified atom stereocenters. The molecule has 3 nitrogen and oxygen atoms in total. The van der Waals surface area contributed by atoms with E-state index in [1.807, 2.05) is 30.4 Å². The van der Waals surface area contributed by atoms with E-state index in [4.69, 9.17) is 5.73 Å². The smallest absolute Gasteiger partial charge is 0.0984 e. The third-order valence-corrected chi connectivity index (χ3v) is 3.33. The molecule has 0 fully saturated rings. The molecule has 0 saturated carbocycles. The van der Waals surface area contributed by atoms with Crippen LogP contribution in [0.1, 0.15) is 24.6 Å². The topological polar surface area (TPSA) is 43.8 Å². The number of nitrogens with zero attached hydrogens (tertiary/aromatic N) is 2. The average molecular weight is 199 g/mol. The molecule has 0 atom stereocenters. The van der Waals surface area contributed by atoms with Crippen molar-refractivity contribution in [1.82, 2.24) is 9.78 Å². The van der Waals surface area contributed by atoms with Gasteiger partial charge in [-0.2, -0.15) is 5.10 Å². The fraction of sp³-hybridized carbons (Fsp3) is 0.667. The quantitative estimate of drug-likeness (QED) is 0.750. The molecule has 0 radical (unpaired) electrons. The minimum atomic E-state index is 0.589. The van der Waals surface area contributed by atoms with E-state index in [1.165, 1.54) is 17.0 Å². The van der Waals surface area contributed by atoms with Crippen LogP contribution >= 0.6 is 11.8 Å². The van der Waals surface area contributed by atoms with Crippen LogP contribution in [0.15, 0.2) is 5.03 Å². The molecule has 1 aromatic rings. The fourth-order valence-electron chi connectivity index (χ4n) is 1.30. The molecule has 74 valence electrons. The van der Waals surface area contributed by atoms with Crippen LogP contribution in [-0.2, 0) is 13.6 Å². The number of rotatable bonds is 4. The van der Waals surface area contributed by atoms with Gasteiger partial charge in [-0.15, -0.1) is 11.8 Å². The lowest BCUT2D eigenvalue weighted by Crippen LogP contribution is -2.00. The second kappa shape index (κ2) is 4.67. The minimum Gasteiger partial charge on any atom is -0.326 e. The number of nitrogens with two attached hydrogens (primary N) is 1. The van der Waals surface area contributed by atoms with Crippen LogP contribution in [0.4, 0.5) is 0 Å². The Morgan fingerprint density at radius 3 is 2.77 bits per heavy atom. The Bertz CT molecular complexity index is 281. The maximum Gasteiger partial charge on any atom is 0.0984 e. The molecule has 2 N–H and O–H groups in total.